The fourth-order valence-corrected chi connectivity index (χ4v) is 7.13. The molecule has 0 saturated carbocycles. The molecule has 1 fully saturated rings. The van der Waals surface area contributed by atoms with Crippen molar-refractivity contribution in [1.29, 1.82) is 0 Å². The second-order valence-corrected chi connectivity index (χ2v) is 14.9. The van der Waals surface area contributed by atoms with Gasteiger partial charge in [0.25, 0.3) is 5.91 Å². The molecule has 0 unspecified atom stereocenters. The molecule has 2 aliphatic heterocycles. The van der Waals surface area contributed by atoms with Crippen molar-refractivity contribution in [3.63, 3.8) is 0 Å². The molecule has 0 spiro atoms. The van der Waals surface area contributed by atoms with Crippen LogP contribution >= 0.6 is 10.6 Å². The van der Waals surface area contributed by atoms with Crippen molar-refractivity contribution < 1.29 is 23.9 Å². The fraction of sp³-hybridized carbons (Fsp3) is 0.500. The molecule has 4 rings (SSSR count). The lowest BCUT2D eigenvalue weighted by Gasteiger charge is -2.54. The van der Waals surface area contributed by atoms with Gasteiger partial charge in [0, 0.05) is 38.3 Å². The predicted molar refractivity (Wildman–Crippen MR) is 150 cm³/mol. The highest BCUT2D eigenvalue weighted by Crippen LogP contribution is 2.64. The lowest BCUT2D eigenvalue weighted by molar-refractivity contribution is -0.133. The second-order valence-electron chi connectivity index (χ2n) is 12.2. The summed E-state index contributed by atoms with van der Waals surface area (Å²) in [6.45, 7) is 12.9. The average molecular weight is 545 g/mol. The van der Waals surface area contributed by atoms with Crippen molar-refractivity contribution in [2.24, 2.45) is 11.3 Å². The van der Waals surface area contributed by atoms with Crippen LogP contribution in [0.15, 0.2) is 53.4 Å². The van der Waals surface area contributed by atoms with Crippen molar-refractivity contribution >= 4 is 28.1 Å². The van der Waals surface area contributed by atoms with Crippen molar-refractivity contribution in [2.45, 2.75) is 56.8 Å². The van der Waals surface area contributed by atoms with Crippen molar-refractivity contribution in [3.05, 3.63) is 59.7 Å². The van der Waals surface area contributed by atoms with Crippen LogP contribution in [0.1, 0.15) is 50.5 Å². The van der Waals surface area contributed by atoms with Crippen molar-refractivity contribution in [1.82, 2.24) is 15.7 Å². The third-order valence-electron chi connectivity index (χ3n) is 7.30. The van der Waals surface area contributed by atoms with E-state index in [-0.39, 0.29) is 11.3 Å². The first kappa shape index (κ1) is 28.4. The number of hydroxylamine groups is 1. The van der Waals surface area contributed by atoms with Gasteiger partial charge in [-0.3, -0.25) is 28.8 Å². The summed E-state index contributed by atoms with van der Waals surface area (Å²) < 4.78 is 21.1. The van der Waals surface area contributed by atoms with Gasteiger partial charge >= 0.3 is 0 Å². The lowest BCUT2D eigenvalue weighted by Crippen LogP contribution is -2.46. The molecule has 0 bridgehead atoms. The van der Waals surface area contributed by atoms with Crippen LogP contribution in [0.4, 0.5) is 5.69 Å². The zero-order chi connectivity index (χ0) is 27.9. The molecule has 0 aliphatic carbocycles. The van der Waals surface area contributed by atoms with E-state index in [1.54, 1.807) is 23.7 Å². The number of nitrogens with zero attached hydrogens (tertiary/aromatic N) is 2. The smallest absolute Gasteiger partial charge is 0.251 e. The first-order valence-electron chi connectivity index (χ1n) is 12.9. The molecule has 2 atom stereocenters. The highest BCUT2D eigenvalue weighted by molar-refractivity contribution is 8.25. The number of hydrogen-bond donors (Lipinski definition) is 5. The van der Waals surface area contributed by atoms with Crippen molar-refractivity contribution in [3.8, 4) is 0 Å². The molecular formula is C28H40N4O5S. The Bertz CT molecular complexity index is 1180. The summed E-state index contributed by atoms with van der Waals surface area (Å²) in [5.41, 5.74) is 4.06. The molecule has 5 N–H and O–H groups in total. The number of benzene rings is 2. The number of likely N-dealkylation sites (tertiary alicyclic amines) is 1. The molecule has 10 heteroatoms. The first-order valence-corrected chi connectivity index (χ1v) is 14.4. The summed E-state index contributed by atoms with van der Waals surface area (Å²) in [5, 5.41) is 12.2. The topological polar surface area (TPSA) is 125 Å². The zero-order valence-electron chi connectivity index (χ0n) is 22.8. The van der Waals surface area contributed by atoms with E-state index in [1.807, 2.05) is 44.2 Å². The third-order valence-corrected chi connectivity index (χ3v) is 9.93. The molecule has 9 nitrogen and oxygen atoms in total. The summed E-state index contributed by atoms with van der Waals surface area (Å²) in [6, 6.07) is 14.3. The van der Waals surface area contributed by atoms with Crippen LogP contribution in [0.25, 0.3) is 0 Å². The van der Waals surface area contributed by atoms with Gasteiger partial charge in [-0.1, -0.05) is 45.0 Å². The lowest BCUT2D eigenvalue weighted by atomic mass is 9.96. The Kier molecular flexibility index (Phi) is 7.84. The van der Waals surface area contributed by atoms with E-state index in [4.69, 9.17) is 0 Å². The quantitative estimate of drug-likeness (QED) is 0.273. The number of hydrogen-bond acceptors (Lipinski definition) is 7. The fourth-order valence-electron chi connectivity index (χ4n) is 5.45. The van der Waals surface area contributed by atoms with Gasteiger partial charge in [-0.15, -0.1) is 0 Å². The van der Waals surface area contributed by atoms with E-state index in [9.17, 15) is 23.9 Å². The van der Waals surface area contributed by atoms with Crippen LogP contribution < -0.4 is 15.7 Å². The predicted octanol–water partition coefficient (Wildman–Crippen LogP) is 4.18. The maximum Gasteiger partial charge on any atom is 0.251 e. The first-order chi connectivity index (χ1) is 17.7. The van der Waals surface area contributed by atoms with Crippen LogP contribution in [0.2, 0.25) is 0 Å². The van der Waals surface area contributed by atoms with Gasteiger partial charge in [-0.2, -0.15) is 10.6 Å². The van der Waals surface area contributed by atoms with Gasteiger partial charge in [-0.05, 0) is 49.1 Å². The molecule has 2 heterocycles. The van der Waals surface area contributed by atoms with Crippen molar-refractivity contribution in [2.75, 3.05) is 31.1 Å². The van der Waals surface area contributed by atoms with E-state index in [0.717, 1.165) is 17.8 Å². The van der Waals surface area contributed by atoms with Crippen LogP contribution in [-0.2, 0) is 11.3 Å². The van der Waals surface area contributed by atoms with E-state index in [2.05, 4.69) is 35.9 Å². The summed E-state index contributed by atoms with van der Waals surface area (Å²) in [5.74, 6) is -1.31. The number of carbonyl (C=O) groups excluding carboxylic acids is 2. The van der Waals surface area contributed by atoms with Crippen LogP contribution in [-0.4, -0.2) is 68.0 Å². The summed E-state index contributed by atoms with van der Waals surface area (Å²) in [4.78, 5) is 30.2. The highest BCUT2D eigenvalue weighted by Gasteiger charge is 2.43. The van der Waals surface area contributed by atoms with E-state index >= 15 is 0 Å². The van der Waals surface area contributed by atoms with Gasteiger partial charge in [0.05, 0.1) is 27.3 Å². The Balaban J connectivity index is 1.45. The Labute approximate surface area is 226 Å². The molecule has 38 heavy (non-hydrogen) atoms. The summed E-state index contributed by atoms with van der Waals surface area (Å²) >= 11 is 0. The molecule has 2 amide bonds. The SMILES string of the molecule is CC(C)(C)CN1C[C@H](C(=O)NO)[C@H](NC(=O)c2ccc(CN3CC(C)(C)S(O)(O)c4ccccc43)cc2)C1. The second kappa shape index (κ2) is 10.5. The van der Waals surface area contributed by atoms with Gasteiger partial charge in [0.1, 0.15) is 0 Å². The number of para-hydroxylation sites is 1. The standard InChI is InChI=1S/C28H40N4O5S/c1-27(2,3)17-31-15-21(26(34)30-35)22(16-31)29-25(33)20-12-10-19(11-13-20)14-32-18-28(4,5)38(36,37)24-9-7-6-8-23(24)32/h6-13,21-22,35-37H,14-18H2,1-5H3,(H,29,33)(H,30,34)/t21-,22+/m0/s1. The Morgan fingerprint density at radius 3 is 2.34 bits per heavy atom. The minimum atomic E-state index is -2.94. The Morgan fingerprint density at radius 1 is 1.05 bits per heavy atom. The summed E-state index contributed by atoms with van der Waals surface area (Å²) in [6.07, 6.45) is 0. The number of fused-ring (bicyclic) bond motifs is 1. The molecule has 0 radical (unpaired) electrons. The number of carbonyl (C=O) groups is 2. The van der Waals surface area contributed by atoms with Gasteiger partial charge in [-0.25, -0.2) is 5.48 Å². The molecule has 0 aromatic heterocycles. The van der Waals surface area contributed by atoms with Crippen LogP contribution in [0, 0.1) is 11.3 Å². The molecule has 2 aromatic rings. The van der Waals surface area contributed by atoms with Crippen LogP contribution in [0.5, 0.6) is 0 Å². The van der Waals surface area contributed by atoms with Gasteiger partial charge in [0.15, 0.2) is 0 Å². The minimum Gasteiger partial charge on any atom is -0.364 e. The van der Waals surface area contributed by atoms with Gasteiger partial charge in [0.2, 0.25) is 5.91 Å². The third kappa shape index (κ3) is 5.84. The highest BCUT2D eigenvalue weighted by atomic mass is 32.3. The largest absolute Gasteiger partial charge is 0.364 e. The Hall–Kier alpha value is -2.63. The summed E-state index contributed by atoms with van der Waals surface area (Å²) in [7, 11) is -2.94. The zero-order valence-corrected chi connectivity index (χ0v) is 23.6. The average Bonchev–Trinajstić information content (AvgIpc) is 3.22. The number of nitrogens with one attached hydrogen (secondary N) is 2. The monoisotopic (exact) mass is 544 g/mol. The molecule has 2 aromatic carbocycles. The van der Waals surface area contributed by atoms with E-state index < -0.39 is 33.2 Å². The van der Waals surface area contributed by atoms with E-state index in [0.29, 0.717) is 36.6 Å². The van der Waals surface area contributed by atoms with Gasteiger partial charge < -0.3 is 10.2 Å². The molecular weight excluding hydrogens is 504 g/mol. The molecule has 2 aliphatic rings. The molecule has 208 valence electrons. The molecule has 1 saturated heterocycles. The number of anilines is 1. The minimum absolute atomic E-state index is 0.0379. The maximum atomic E-state index is 13.1. The van der Waals surface area contributed by atoms with Crippen LogP contribution in [0.3, 0.4) is 0 Å². The van der Waals surface area contributed by atoms with E-state index in [1.165, 1.54) is 0 Å². The number of rotatable bonds is 6. The maximum absolute atomic E-state index is 13.1. The Morgan fingerprint density at radius 2 is 1.71 bits per heavy atom. The normalized spacial score (nSPS) is 23.4. The number of amides is 2.